The molecule has 42 heavy (non-hydrogen) atoms. The van der Waals surface area contributed by atoms with Gasteiger partial charge in [0.05, 0.1) is 18.5 Å². The summed E-state index contributed by atoms with van der Waals surface area (Å²) in [6, 6.07) is 0. The van der Waals surface area contributed by atoms with Crippen LogP contribution >= 0.6 is 11.6 Å². The van der Waals surface area contributed by atoms with Crippen LogP contribution in [0.1, 0.15) is 27.2 Å². The summed E-state index contributed by atoms with van der Waals surface area (Å²) in [7, 11) is 0. The van der Waals surface area contributed by atoms with Gasteiger partial charge in [-0.3, -0.25) is 19.8 Å². The number of aliphatic imine (C=N–C) groups is 4. The average molecular weight is 609 g/mol. The molecule has 8 nitrogen and oxygen atoms in total. The van der Waals surface area contributed by atoms with Gasteiger partial charge in [-0.25, -0.2) is 4.99 Å². The summed E-state index contributed by atoms with van der Waals surface area (Å²) < 4.78 is 40.1. The fraction of sp³-hybridized carbons (Fsp3) is 0.600. The molecule has 232 valence electrons. The smallest absolute Gasteiger partial charge is 0.338 e. The highest BCUT2D eigenvalue weighted by Crippen LogP contribution is 2.33. The molecule has 0 aromatic heterocycles. The number of nitrogens with zero attached hydrogens (tertiary/aromatic N) is 8. The van der Waals surface area contributed by atoms with Gasteiger partial charge in [-0.1, -0.05) is 62.8 Å². The predicted molar refractivity (Wildman–Crippen MR) is 169 cm³/mol. The zero-order valence-corrected chi connectivity index (χ0v) is 25.7. The first kappa shape index (κ1) is 33.9. The fourth-order valence-corrected chi connectivity index (χ4v) is 5.33. The number of guanidine groups is 1. The van der Waals surface area contributed by atoms with Gasteiger partial charge in [0, 0.05) is 63.6 Å². The number of hydrogen-bond acceptors (Lipinski definition) is 5. The van der Waals surface area contributed by atoms with Gasteiger partial charge < -0.3 is 9.80 Å². The Morgan fingerprint density at radius 3 is 2.33 bits per heavy atom. The summed E-state index contributed by atoms with van der Waals surface area (Å²) in [6.07, 6.45) is 8.81. The maximum atomic E-state index is 13.4. The third kappa shape index (κ3) is 10.00. The van der Waals surface area contributed by atoms with Gasteiger partial charge in [0.25, 0.3) is 0 Å². The molecular formula is C30H44ClF3N8. The Morgan fingerprint density at radius 2 is 1.69 bits per heavy atom. The molecule has 0 saturated carbocycles. The van der Waals surface area contributed by atoms with Gasteiger partial charge in [-0.15, -0.1) is 0 Å². The Bertz CT molecular complexity index is 1080. The lowest BCUT2D eigenvalue weighted by atomic mass is 10.0. The zero-order valence-electron chi connectivity index (χ0n) is 24.9. The van der Waals surface area contributed by atoms with Crippen LogP contribution in [0.5, 0.6) is 0 Å². The van der Waals surface area contributed by atoms with E-state index in [4.69, 9.17) is 21.6 Å². The number of hydrogen-bond donors (Lipinski definition) is 0. The number of allylic oxidation sites excluding steroid dienone is 6. The van der Waals surface area contributed by atoms with Gasteiger partial charge in [-0.2, -0.15) is 18.2 Å². The molecule has 2 saturated heterocycles. The van der Waals surface area contributed by atoms with Crippen molar-refractivity contribution in [3.05, 3.63) is 47.6 Å². The number of likely N-dealkylation sites (N-methyl/N-ethyl adjacent to an activating group) is 1. The second-order valence-electron chi connectivity index (χ2n) is 10.2. The van der Waals surface area contributed by atoms with Crippen molar-refractivity contribution in [3.63, 3.8) is 0 Å². The van der Waals surface area contributed by atoms with Crippen LogP contribution in [-0.2, 0) is 0 Å². The SMILES string of the molecule is C=NC(=N/C(=N\CN1CCN(C2CC(C(F)(F)F)C=CC=N2)CC1)C1C=CC=CC(Cl)=C1)N1CCN(CC)CC1.CC. The molecule has 1 aliphatic carbocycles. The molecular weight excluding hydrogens is 565 g/mol. The largest absolute Gasteiger partial charge is 0.395 e. The molecule has 0 aromatic rings. The third-order valence-electron chi connectivity index (χ3n) is 7.61. The Kier molecular flexibility index (Phi) is 13.6. The molecule has 12 heteroatoms. The molecule has 0 aromatic carbocycles. The van der Waals surface area contributed by atoms with E-state index >= 15 is 0 Å². The minimum absolute atomic E-state index is 0.0630. The Morgan fingerprint density at radius 1 is 1.00 bits per heavy atom. The molecule has 0 bridgehead atoms. The van der Waals surface area contributed by atoms with E-state index in [0.29, 0.717) is 49.7 Å². The normalized spacial score (nSPS) is 26.8. The first-order valence-corrected chi connectivity index (χ1v) is 15.2. The minimum atomic E-state index is -4.27. The molecule has 0 radical (unpaired) electrons. The van der Waals surface area contributed by atoms with Gasteiger partial charge in [0.2, 0.25) is 5.96 Å². The van der Waals surface area contributed by atoms with Crippen molar-refractivity contribution in [3.8, 4) is 0 Å². The van der Waals surface area contributed by atoms with Crippen LogP contribution in [0, 0.1) is 11.8 Å². The quantitative estimate of drug-likeness (QED) is 0.323. The highest BCUT2D eigenvalue weighted by molar-refractivity contribution is 6.31. The van der Waals surface area contributed by atoms with Crippen LogP contribution < -0.4 is 0 Å². The Hall–Kier alpha value is -2.60. The lowest BCUT2D eigenvalue weighted by molar-refractivity contribution is -0.166. The number of halogens is 4. The molecule has 4 aliphatic rings. The van der Waals surface area contributed by atoms with Crippen molar-refractivity contribution in [2.24, 2.45) is 31.8 Å². The number of amidine groups is 1. The number of rotatable bonds is 5. The average Bonchev–Trinajstić information content (AvgIpc) is 3.39. The molecule has 3 aliphatic heterocycles. The molecule has 2 fully saturated rings. The highest BCUT2D eigenvalue weighted by atomic mass is 35.5. The minimum Gasteiger partial charge on any atom is -0.338 e. The van der Waals surface area contributed by atoms with Crippen molar-refractivity contribution in [1.82, 2.24) is 19.6 Å². The third-order valence-corrected chi connectivity index (χ3v) is 7.87. The summed E-state index contributed by atoms with van der Waals surface area (Å²) in [6.45, 7) is 17.4. The van der Waals surface area contributed by atoms with Crippen LogP contribution in [0.15, 0.2) is 67.5 Å². The topological polar surface area (TPSA) is 62.4 Å². The van der Waals surface area contributed by atoms with E-state index in [9.17, 15) is 13.2 Å². The molecule has 0 amide bonds. The summed E-state index contributed by atoms with van der Waals surface area (Å²) in [5.74, 6) is -0.575. The zero-order chi connectivity index (χ0) is 30.5. The van der Waals surface area contributed by atoms with Gasteiger partial charge in [0.15, 0.2) is 0 Å². The van der Waals surface area contributed by atoms with E-state index in [1.54, 1.807) is 0 Å². The maximum absolute atomic E-state index is 13.4. The van der Waals surface area contributed by atoms with Crippen molar-refractivity contribution in [2.75, 3.05) is 65.6 Å². The Balaban J connectivity index is 0.00000237. The molecule has 4 rings (SSSR count). The van der Waals surface area contributed by atoms with Crippen molar-refractivity contribution >= 4 is 36.3 Å². The van der Waals surface area contributed by atoms with Crippen molar-refractivity contribution in [1.29, 1.82) is 0 Å². The molecule has 3 atom stereocenters. The molecule has 3 heterocycles. The Labute approximate surface area is 253 Å². The van der Waals surface area contributed by atoms with Crippen LogP contribution in [0.4, 0.5) is 13.2 Å². The summed E-state index contributed by atoms with van der Waals surface area (Å²) in [5, 5.41) is 0.604. The fourth-order valence-electron chi connectivity index (χ4n) is 5.12. The highest BCUT2D eigenvalue weighted by Gasteiger charge is 2.40. The second-order valence-corrected chi connectivity index (χ2v) is 10.6. The predicted octanol–water partition coefficient (Wildman–Crippen LogP) is 5.08. The van der Waals surface area contributed by atoms with Crippen LogP contribution in [-0.4, -0.2) is 122 Å². The lowest BCUT2D eigenvalue weighted by Gasteiger charge is -2.37. The molecule has 0 spiro atoms. The monoisotopic (exact) mass is 608 g/mol. The summed E-state index contributed by atoms with van der Waals surface area (Å²) >= 11 is 6.38. The van der Waals surface area contributed by atoms with E-state index in [1.807, 2.05) is 49.1 Å². The van der Waals surface area contributed by atoms with Crippen LogP contribution in [0.2, 0.25) is 0 Å². The lowest BCUT2D eigenvalue weighted by Crippen LogP contribution is -2.50. The van der Waals surface area contributed by atoms with E-state index in [1.165, 1.54) is 18.4 Å². The van der Waals surface area contributed by atoms with Gasteiger partial charge in [0.1, 0.15) is 12.0 Å². The van der Waals surface area contributed by atoms with E-state index in [-0.39, 0.29) is 12.3 Å². The number of piperazine rings is 2. The first-order chi connectivity index (χ1) is 20.3. The van der Waals surface area contributed by atoms with Crippen molar-refractivity contribution < 1.29 is 13.2 Å². The summed E-state index contributed by atoms with van der Waals surface area (Å²) in [5.41, 5.74) is 0. The van der Waals surface area contributed by atoms with Crippen LogP contribution in [0.3, 0.4) is 0 Å². The molecule has 3 unspecified atom stereocenters. The van der Waals surface area contributed by atoms with Gasteiger partial charge in [-0.05, 0) is 31.8 Å². The second kappa shape index (κ2) is 16.9. The number of alkyl halides is 3. The van der Waals surface area contributed by atoms with E-state index < -0.39 is 18.3 Å². The first-order valence-electron chi connectivity index (χ1n) is 14.8. The summed E-state index contributed by atoms with van der Waals surface area (Å²) in [4.78, 5) is 27.1. The maximum Gasteiger partial charge on any atom is 0.395 e. The standard InChI is InChI=1S/C28H38ClF3N8.C2H6/c1-3-37-11-17-40(18-12-37)27(33-2)36-26(22-7-4-5-9-24(29)19-22)35-21-38-13-15-39(16-14-38)25-20-23(28(30,31)32)8-6-10-34-25;1-2/h4-10,19,22-23,25H,2-3,11-18,20-21H2,1H3;1-2H3/b35-26-,36-27?;. The van der Waals surface area contributed by atoms with E-state index in [0.717, 1.165) is 32.7 Å². The molecule has 0 N–H and O–H groups in total. The van der Waals surface area contributed by atoms with Gasteiger partial charge >= 0.3 is 6.18 Å². The van der Waals surface area contributed by atoms with Crippen molar-refractivity contribution in [2.45, 2.75) is 39.5 Å². The van der Waals surface area contributed by atoms with E-state index in [2.05, 4.69) is 38.3 Å². The van der Waals surface area contributed by atoms with Crippen LogP contribution in [0.25, 0.3) is 0 Å².